The number of rotatable bonds is 5. The van der Waals surface area contributed by atoms with Crippen molar-refractivity contribution in [2.75, 3.05) is 6.54 Å². The molecule has 1 aromatic rings. The Morgan fingerprint density at radius 2 is 1.71 bits per heavy atom. The molecule has 0 spiro atoms. The number of benzene rings is 1. The standard InChI is InChI=1S/C17H24ClNO4.K/c1-11(2)19(16(22)23-17(3,4)5)10-14(15(20)21)12-6-8-13(18)9-7-12;/h6-9,11,14H,10H2,1-5H3,(H,20,21);. The summed E-state index contributed by atoms with van der Waals surface area (Å²) in [4.78, 5) is 25.4. The molecule has 1 aromatic carbocycles. The second-order valence-electron chi connectivity index (χ2n) is 6.67. The smallest absolute Gasteiger partial charge is 0.410 e. The molecule has 1 radical (unpaired) electrons. The Morgan fingerprint density at radius 3 is 2.08 bits per heavy atom. The molecule has 1 N–H and O–H groups in total. The molecular weight excluding hydrogens is 357 g/mol. The molecular formula is C17H24ClKNO4. The number of amides is 1. The summed E-state index contributed by atoms with van der Waals surface area (Å²) in [5.41, 5.74) is -0.0421. The van der Waals surface area contributed by atoms with Gasteiger partial charge in [0, 0.05) is 69.0 Å². The van der Waals surface area contributed by atoms with Crippen molar-refractivity contribution in [2.45, 2.75) is 52.2 Å². The third kappa shape index (κ3) is 7.84. The van der Waals surface area contributed by atoms with Crippen molar-refractivity contribution in [1.29, 1.82) is 0 Å². The van der Waals surface area contributed by atoms with Gasteiger partial charge >= 0.3 is 12.1 Å². The second kappa shape index (κ2) is 10.1. The number of carboxylic acid groups (broad SMARTS) is 1. The van der Waals surface area contributed by atoms with Gasteiger partial charge in [0.1, 0.15) is 5.60 Å². The minimum atomic E-state index is -0.999. The van der Waals surface area contributed by atoms with Crippen LogP contribution in [0.15, 0.2) is 24.3 Å². The Bertz CT molecular complexity index is 555. The van der Waals surface area contributed by atoms with Crippen molar-refractivity contribution in [3.63, 3.8) is 0 Å². The Hall–Kier alpha value is -0.114. The number of carbonyl (C=O) groups is 2. The SMILES string of the molecule is CC(C)N(CC(C(=O)O)c1ccc(Cl)cc1)C(=O)OC(C)(C)C.[K]. The first-order valence-corrected chi connectivity index (χ1v) is 7.87. The van der Waals surface area contributed by atoms with E-state index in [1.165, 1.54) is 4.90 Å². The molecule has 129 valence electrons. The topological polar surface area (TPSA) is 66.8 Å². The molecule has 1 rings (SSSR count). The van der Waals surface area contributed by atoms with Crippen LogP contribution < -0.4 is 0 Å². The number of carbonyl (C=O) groups excluding carboxylic acids is 1. The van der Waals surface area contributed by atoms with Crippen molar-refractivity contribution in [2.24, 2.45) is 0 Å². The van der Waals surface area contributed by atoms with Crippen molar-refractivity contribution in [1.82, 2.24) is 4.90 Å². The van der Waals surface area contributed by atoms with E-state index in [-0.39, 0.29) is 64.0 Å². The summed E-state index contributed by atoms with van der Waals surface area (Å²) < 4.78 is 5.37. The normalized spacial score (nSPS) is 12.3. The average Bonchev–Trinajstić information content (AvgIpc) is 2.38. The van der Waals surface area contributed by atoms with Gasteiger partial charge in [0.2, 0.25) is 0 Å². The van der Waals surface area contributed by atoms with E-state index in [1.807, 2.05) is 13.8 Å². The molecule has 5 nitrogen and oxygen atoms in total. The fraction of sp³-hybridized carbons (Fsp3) is 0.529. The van der Waals surface area contributed by atoms with Crippen molar-refractivity contribution >= 4 is 75.0 Å². The predicted molar refractivity (Wildman–Crippen MR) is 95.7 cm³/mol. The van der Waals surface area contributed by atoms with E-state index in [0.29, 0.717) is 10.6 Å². The van der Waals surface area contributed by atoms with Crippen LogP contribution in [-0.4, -0.2) is 91.6 Å². The molecule has 0 heterocycles. The van der Waals surface area contributed by atoms with Crippen LogP contribution in [-0.2, 0) is 9.53 Å². The maximum absolute atomic E-state index is 12.3. The maximum Gasteiger partial charge on any atom is 0.410 e. The van der Waals surface area contributed by atoms with E-state index < -0.39 is 23.6 Å². The van der Waals surface area contributed by atoms with Gasteiger partial charge in [-0.2, -0.15) is 0 Å². The Balaban J connectivity index is 0.00000529. The van der Waals surface area contributed by atoms with Crippen LogP contribution in [0.2, 0.25) is 5.02 Å². The zero-order chi connectivity index (χ0) is 17.8. The molecule has 7 heteroatoms. The quantitative estimate of drug-likeness (QED) is 0.789. The number of halogens is 1. The Kier molecular flexibility index (Phi) is 10.1. The molecule has 0 fully saturated rings. The minimum Gasteiger partial charge on any atom is -0.481 e. The van der Waals surface area contributed by atoms with Crippen LogP contribution in [0.25, 0.3) is 0 Å². The van der Waals surface area contributed by atoms with E-state index in [0.717, 1.165) is 0 Å². The molecule has 24 heavy (non-hydrogen) atoms. The third-order valence-electron chi connectivity index (χ3n) is 3.20. The molecule has 0 saturated carbocycles. The molecule has 1 unspecified atom stereocenters. The first-order chi connectivity index (χ1) is 10.5. The monoisotopic (exact) mass is 380 g/mol. The molecule has 1 amide bonds. The van der Waals surface area contributed by atoms with Gasteiger partial charge < -0.3 is 14.7 Å². The average molecular weight is 381 g/mol. The zero-order valence-electron chi connectivity index (χ0n) is 15.2. The summed E-state index contributed by atoms with van der Waals surface area (Å²) >= 11 is 5.84. The Morgan fingerprint density at radius 1 is 1.21 bits per heavy atom. The minimum absolute atomic E-state index is 0. The number of hydrogen-bond acceptors (Lipinski definition) is 3. The number of carboxylic acids is 1. The van der Waals surface area contributed by atoms with Gasteiger partial charge in [-0.25, -0.2) is 4.79 Å². The van der Waals surface area contributed by atoms with Crippen LogP contribution in [0, 0.1) is 0 Å². The van der Waals surface area contributed by atoms with Crippen molar-refractivity contribution in [3.05, 3.63) is 34.9 Å². The molecule has 1 atom stereocenters. The molecule has 0 saturated heterocycles. The maximum atomic E-state index is 12.3. The first-order valence-electron chi connectivity index (χ1n) is 7.49. The largest absolute Gasteiger partial charge is 0.481 e. The summed E-state index contributed by atoms with van der Waals surface area (Å²) in [6, 6.07) is 6.42. The number of ether oxygens (including phenoxy) is 1. The van der Waals surface area contributed by atoms with Gasteiger partial charge in [0.05, 0.1) is 5.92 Å². The van der Waals surface area contributed by atoms with Crippen LogP contribution in [0.5, 0.6) is 0 Å². The fourth-order valence-electron chi connectivity index (χ4n) is 2.03. The number of nitrogens with zero attached hydrogens (tertiary/aromatic N) is 1. The predicted octanol–water partition coefficient (Wildman–Crippen LogP) is 3.77. The molecule has 0 aliphatic rings. The van der Waals surface area contributed by atoms with Gasteiger partial charge in [-0.15, -0.1) is 0 Å². The number of hydrogen-bond donors (Lipinski definition) is 1. The fourth-order valence-corrected chi connectivity index (χ4v) is 2.16. The summed E-state index contributed by atoms with van der Waals surface area (Å²) in [5, 5.41) is 10.1. The summed E-state index contributed by atoms with van der Waals surface area (Å²) in [6.07, 6.45) is -0.521. The van der Waals surface area contributed by atoms with E-state index in [9.17, 15) is 14.7 Å². The van der Waals surface area contributed by atoms with E-state index >= 15 is 0 Å². The molecule has 0 aromatic heterocycles. The summed E-state index contributed by atoms with van der Waals surface area (Å²) in [5.74, 6) is -1.84. The molecule has 0 aliphatic carbocycles. The van der Waals surface area contributed by atoms with Crippen molar-refractivity contribution in [3.8, 4) is 0 Å². The van der Waals surface area contributed by atoms with Crippen LogP contribution >= 0.6 is 11.6 Å². The second-order valence-corrected chi connectivity index (χ2v) is 7.11. The van der Waals surface area contributed by atoms with E-state index in [2.05, 4.69) is 0 Å². The zero-order valence-corrected chi connectivity index (χ0v) is 19.0. The number of aliphatic carboxylic acids is 1. The van der Waals surface area contributed by atoms with Gasteiger partial charge in [-0.05, 0) is 52.3 Å². The van der Waals surface area contributed by atoms with Crippen LogP contribution in [0.3, 0.4) is 0 Å². The third-order valence-corrected chi connectivity index (χ3v) is 3.45. The van der Waals surface area contributed by atoms with Gasteiger partial charge in [-0.3, -0.25) is 4.79 Å². The summed E-state index contributed by atoms with van der Waals surface area (Å²) in [6.45, 7) is 9.00. The van der Waals surface area contributed by atoms with Gasteiger partial charge in [0.25, 0.3) is 0 Å². The molecule has 0 aliphatic heterocycles. The van der Waals surface area contributed by atoms with Crippen LogP contribution in [0.1, 0.15) is 46.1 Å². The Labute approximate surface area is 191 Å². The molecule has 0 bridgehead atoms. The van der Waals surface area contributed by atoms with E-state index in [4.69, 9.17) is 16.3 Å². The van der Waals surface area contributed by atoms with Gasteiger partial charge in [0.15, 0.2) is 0 Å². The summed E-state index contributed by atoms with van der Waals surface area (Å²) in [7, 11) is 0. The van der Waals surface area contributed by atoms with Gasteiger partial charge in [-0.1, -0.05) is 23.7 Å². The van der Waals surface area contributed by atoms with Crippen LogP contribution in [0.4, 0.5) is 4.79 Å². The van der Waals surface area contributed by atoms with Crippen molar-refractivity contribution < 1.29 is 19.4 Å². The van der Waals surface area contributed by atoms with E-state index in [1.54, 1.807) is 45.0 Å². The first kappa shape index (κ1) is 23.9.